The van der Waals surface area contributed by atoms with Crippen molar-refractivity contribution in [1.82, 2.24) is 0 Å². The lowest BCUT2D eigenvalue weighted by atomic mass is 10.1. The summed E-state index contributed by atoms with van der Waals surface area (Å²) in [7, 11) is 0. The predicted octanol–water partition coefficient (Wildman–Crippen LogP) is 2.25. The highest BCUT2D eigenvalue weighted by Crippen LogP contribution is 2.02. The van der Waals surface area contributed by atoms with Gasteiger partial charge in [-0.2, -0.15) is 0 Å². The second-order valence-corrected chi connectivity index (χ2v) is 6.05. The Hall–Kier alpha value is -1.67. The largest absolute Gasteiger partial charge is 0.481 e. The van der Waals surface area contributed by atoms with E-state index in [0.29, 0.717) is 0 Å². The fourth-order valence-electron chi connectivity index (χ4n) is 1.08. The number of esters is 2. The van der Waals surface area contributed by atoms with E-state index in [2.05, 4.69) is 9.47 Å². The molecule has 3 unspecified atom stereocenters. The summed E-state index contributed by atoms with van der Waals surface area (Å²) in [5.74, 6) is -1.44. The maximum Gasteiger partial charge on any atom is 0.308 e. The van der Waals surface area contributed by atoms with Crippen LogP contribution in [0.4, 0.5) is 0 Å². The number of rotatable bonds is 10. The number of carboxylic acids is 1. The van der Waals surface area contributed by atoms with Gasteiger partial charge < -0.3 is 24.8 Å². The Morgan fingerprint density at radius 3 is 1.15 bits per heavy atom. The van der Waals surface area contributed by atoms with Crippen molar-refractivity contribution in [2.24, 2.45) is 17.8 Å². The second kappa shape index (κ2) is 20.6. The first-order valence-electron chi connectivity index (χ1n) is 9.40. The summed E-state index contributed by atoms with van der Waals surface area (Å²) in [5, 5.41) is 24.8. The van der Waals surface area contributed by atoms with Crippen LogP contribution in [0.2, 0.25) is 0 Å². The van der Waals surface area contributed by atoms with E-state index < -0.39 is 5.97 Å². The number of aliphatic hydroxyl groups excluding tert-OH is 2. The molecule has 0 aliphatic heterocycles. The Morgan fingerprint density at radius 2 is 1.00 bits per heavy atom. The quantitative estimate of drug-likeness (QED) is 0.481. The summed E-state index contributed by atoms with van der Waals surface area (Å²) < 4.78 is 9.31. The smallest absolute Gasteiger partial charge is 0.308 e. The van der Waals surface area contributed by atoms with Gasteiger partial charge in [-0.3, -0.25) is 14.4 Å². The average molecular weight is 395 g/mol. The molecule has 0 aromatic rings. The van der Waals surface area contributed by atoms with E-state index in [1.54, 1.807) is 20.8 Å². The van der Waals surface area contributed by atoms with Gasteiger partial charge in [-0.15, -0.1) is 0 Å². The summed E-state index contributed by atoms with van der Waals surface area (Å²) in [6.45, 7) is 11.0. The van der Waals surface area contributed by atoms with Crippen molar-refractivity contribution in [3.63, 3.8) is 0 Å². The van der Waals surface area contributed by atoms with Gasteiger partial charge in [0.25, 0.3) is 0 Å². The minimum Gasteiger partial charge on any atom is -0.481 e. The summed E-state index contributed by atoms with van der Waals surface area (Å²) >= 11 is 0. The average Bonchev–Trinajstić information content (AvgIpc) is 2.68. The Balaban J connectivity index is -0.000000326. The summed E-state index contributed by atoms with van der Waals surface area (Å²) in [5.41, 5.74) is 0. The molecule has 0 rings (SSSR count). The van der Waals surface area contributed by atoms with E-state index in [9.17, 15) is 14.4 Å². The monoisotopic (exact) mass is 394 g/mol. The number of carboxylic acid groups (broad SMARTS) is 1. The number of aliphatic hydroxyl groups is 2. The van der Waals surface area contributed by atoms with Crippen molar-refractivity contribution < 1.29 is 39.2 Å². The summed E-state index contributed by atoms with van der Waals surface area (Å²) in [4.78, 5) is 31.5. The van der Waals surface area contributed by atoms with Crippen LogP contribution in [0.1, 0.15) is 60.8 Å². The number of hydrogen-bond donors (Lipinski definition) is 3. The van der Waals surface area contributed by atoms with Crippen LogP contribution in [0.3, 0.4) is 0 Å². The van der Waals surface area contributed by atoms with Crippen molar-refractivity contribution in [3.8, 4) is 0 Å². The molecule has 27 heavy (non-hydrogen) atoms. The van der Waals surface area contributed by atoms with Crippen LogP contribution in [-0.2, 0) is 23.9 Å². The molecule has 0 saturated carbocycles. The predicted molar refractivity (Wildman–Crippen MR) is 102 cm³/mol. The third-order valence-electron chi connectivity index (χ3n) is 3.73. The Labute approximate surface area is 162 Å². The van der Waals surface area contributed by atoms with Crippen LogP contribution < -0.4 is 0 Å². The Bertz CT molecular complexity index is 358. The number of hydrogen-bond acceptors (Lipinski definition) is 7. The lowest BCUT2D eigenvalue weighted by molar-refractivity contribution is -0.149. The van der Waals surface area contributed by atoms with Gasteiger partial charge in [-0.1, -0.05) is 41.5 Å². The van der Waals surface area contributed by atoms with E-state index in [-0.39, 0.29) is 56.1 Å². The first-order chi connectivity index (χ1) is 12.6. The van der Waals surface area contributed by atoms with Crippen molar-refractivity contribution in [2.75, 3.05) is 26.4 Å². The van der Waals surface area contributed by atoms with Gasteiger partial charge in [-0.05, 0) is 19.3 Å². The van der Waals surface area contributed by atoms with Crippen LogP contribution in [0.15, 0.2) is 0 Å². The van der Waals surface area contributed by atoms with Crippen molar-refractivity contribution >= 4 is 17.9 Å². The normalized spacial score (nSPS) is 12.9. The highest BCUT2D eigenvalue weighted by atomic mass is 16.5. The van der Waals surface area contributed by atoms with Gasteiger partial charge in [0.2, 0.25) is 0 Å². The van der Waals surface area contributed by atoms with Gasteiger partial charge in [0, 0.05) is 0 Å². The zero-order valence-corrected chi connectivity index (χ0v) is 17.6. The van der Waals surface area contributed by atoms with Crippen molar-refractivity contribution in [1.29, 1.82) is 0 Å². The lowest BCUT2D eigenvalue weighted by Crippen LogP contribution is -2.15. The molecule has 162 valence electrons. The summed E-state index contributed by atoms with van der Waals surface area (Å²) in [6, 6.07) is 0. The highest BCUT2D eigenvalue weighted by molar-refractivity contribution is 5.72. The first-order valence-corrected chi connectivity index (χ1v) is 9.40. The molecule has 0 heterocycles. The molecule has 8 nitrogen and oxygen atoms in total. The van der Waals surface area contributed by atoms with E-state index >= 15 is 0 Å². The molecule has 0 saturated heterocycles. The van der Waals surface area contributed by atoms with Crippen LogP contribution in [0.5, 0.6) is 0 Å². The minimum absolute atomic E-state index is 0.0495. The third-order valence-corrected chi connectivity index (χ3v) is 3.73. The minimum atomic E-state index is -0.706. The molecule has 0 spiro atoms. The van der Waals surface area contributed by atoms with Crippen LogP contribution in [0, 0.1) is 17.8 Å². The third kappa shape index (κ3) is 20.5. The number of carbonyl (C=O) groups is 3. The maximum absolute atomic E-state index is 10.8. The van der Waals surface area contributed by atoms with E-state index in [0.717, 1.165) is 19.3 Å². The summed E-state index contributed by atoms with van der Waals surface area (Å²) in [6.07, 6.45) is 2.28. The molecule has 0 radical (unpaired) electrons. The zero-order chi connectivity index (χ0) is 21.8. The van der Waals surface area contributed by atoms with Crippen LogP contribution >= 0.6 is 0 Å². The zero-order valence-electron chi connectivity index (χ0n) is 17.6. The second-order valence-electron chi connectivity index (χ2n) is 6.05. The van der Waals surface area contributed by atoms with Crippen LogP contribution in [0.25, 0.3) is 0 Å². The topological polar surface area (TPSA) is 130 Å². The molecule has 0 bridgehead atoms. The van der Waals surface area contributed by atoms with Gasteiger partial charge in [0.05, 0.1) is 31.0 Å². The molecular weight excluding hydrogens is 356 g/mol. The fraction of sp³-hybridized carbons (Fsp3) is 0.842. The van der Waals surface area contributed by atoms with Gasteiger partial charge >= 0.3 is 17.9 Å². The molecule has 8 heteroatoms. The molecule has 3 atom stereocenters. The molecule has 3 N–H and O–H groups in total. The molecule has 0 aromatic heterocycles. The fourth-order valence-corrected chi connectivity index (χ4v) is 1.08. The molecular formula is C19H38O8. The van der Waals surface area contributed by atoms with Gasteiger partial charge in [0.15, 0.2) is 0 Å². The van der Waals surface area contributed by atoms with Gasteiger partial charge in [-0.25, -0.2) is 0 Å². The first kappa shape index (κ1) is 30.1. The SMILES string of the molecule is CCC(C)C(=O)O.CCC(C)C(=O)OCCO.CCC(C)C(=O)OCCO. The standard InChI is InChI=1S/2C7H14O3.C5H10O2/c2*1-3-6(2)7(9)10-5-4-8;1-3-4(2)5(6)7/h2*6,8H,3-5H2,1-2H3;4H,3H2,1-2H3,(H,6,7). The lowest BCUT2D eigenvalue weighted by Gasteiger charge is -2.06. The van der Waals surface area contributed by atoms with E-state index in [1.165, 1.54) is 0 Å². The molecule has 0 amide bonds. The number of carbonyl (C=O) groups excluding carboxylic acids is 2. The van der Waals surface area contributed by atoms with E-state index in [4.69, 9.17) is 15.3 Å². The molecule has 0 aromatic carbocycles. The van der Waals surface area contributed by atoms with Crippen molar-refractivity contribution in [3.05, 3.63) is 0 Å². The number of ether oxygens (including phenoxy) is 2. The van der Waals surface area contributed by atoms with Gasteiger partial charge in [0.1, 0.15) is 13.2 Å². The van der Waals surface area contributed by atoms with E-state index in [1.807, 2.05) is 20.8 Å². The van der Waals surface area contributed by atoms with Crippen LogP contribution in [-0.4, -0.2) is 59.7 Å². The maximum atomic E-state index is 10.8. The highest BCUT2D eigenvalue weighted by Gasteiger charge is 2.11. The molecule has 0 aliphatic carbocycles. The Morgan fingerprint density at radius 1 is 0.704 bits per heavy atom. The number of aliphatic carboxylic acids is 1. The molecule has 0 fully saturated rings. The molecule has 0 aliphatic rings. The van der Waals surface area contributed by atoms with Crippen molar-refractivity contribution in [2.45, 2.75) is 60.8 Å². The Kier molecular flexibility index (Phi) is 23.0.